The van der Waals surface area contributed by atoms with E-state index in [-0.39, 0.29) is 5.95 Å². The Bertz CT molecular complexity index is 516. The van der Waals surface area contributed by atoms with Gasteiger partial charge in [0.25, 0.3) is 0 Å². The summed E-state index contributed by atoms with van der Waals surface area (Å²) in [5.41, 5.74) is 7.10. The number of nitrogen functional groups attached to an aromatic ring is 1. The Balaban J connectivity index is 2.27. The van der Waals surface area contributed by atoms with Crippen LogP contribution >= 0.6 is 0 Å². The molecule has 2 rings (SSSR count). The lowest BCUT2D eigenvalue weighted by molar-refractivity contribution is 0.310. The lowest BCUT2D eigenvalue weighted by Crippen LogP contribution is -2.01. The number of hydrogen-bond donors (Lipinski definition) is 1. The van der Waals surface area contributed by atoms with Gasteiger partial charge in [-0.2, -0.15) is 5.10 Å². The topological polar surface area (TPSA) is 73.9 Å². The van der Waals surface area contributed by atoms with E-state index in [1.165, 1.54) is 0 Å². The van der Waals surface area contributed by atoms with Crippen molar-refractivity contribution in [3.05, 3.63) is 30.5 Å². The van der Waals surface area contributed by atoms with Crippen LogP contribution in [0.4, 0.5) is 5.95 Å². The molecule has 1 heterocycles. The van der Waals surface area contributed by atoms with Gasteiger partial charge in [-0.15, -0.1) is 5.10 Å². The largest absolute Gasteiger partial charge is 0.493 e. The lowest BCUT2D eigenvalue weighted by Gasteiger charge is -2.10. The van der Waals surface area contributed by atoms with Crippen molar-refractivity contribution < 1.29 is 4.74 Å². The minimum atomic E-state index is 0.163. The molecule has 94 valence electrons. The zero-order valence-corrected chi connectivity index (χ0v) is 10.3. The molecule has 2 N–H and O–H groups in total. The Labute approximate surface area is 106 Å². The molecule has 0 unspecified atom stereocenters. The van der Waals surface area contributed by atoms with Crippen LogP contribution in [-0.4, -0.2) is 21.8 Å². The molecule has 0 bridgehead atoms. The maximum atomic E-state index is 5.74. The van der Waals surface area contributed by atoms with Gasteiger partial charge in [0.05, 0.1) is 18.5 Å². The second kappa shape index (κ2) is 5.95. The second-order valence-electron chi connectivity index (χ2n) is 3.90. The van der Waals surface area contributed by atoms with E-state index in [4.69, 9.17) is 10.5 Å². The molecule has 0 aliphatic rings. The Morgan fingerprint density at radius 2 is 2.11 bits per heavy atom. The zero-order chi connectivity index (χ0) is 12.8. The molecule has 0 aliphatic heterocycles. The van der Waals surface area contributed by atoms with Crippen LogP contribution in [0.5, 0.6) is 5.75 Å². The van der Waals surface area contributed by atoms with Gasteiger partial charge in [0.2, 0.25) is 5.95 Å². The smallest absolute Gasteiger partial charge is 0.240 e. The SMILES string of the molecule is CCCCOc1ccccc1-c1cnnc(N)n1. The second-order valence-corrected chi connectivity index (χ2v) is 3.90. The zero-order valence-electron chi connectivity index (χ0n) is 10.3. The van der Waals surface area contributed by atoms with Crippen molar-refractivity contribution in [2.45, 2.75) is 19.8 Å². The van der Waals surface area contributed by atoms with Crippen LogP contribution in [0.2, 0.25) is 0 Å². The fourth-order valence-electron chi connectivity index (χ4n) is 1.58. The van der Waals surface area contributed by atoms with Gasteiger partial charge >= 0.3 is 0 Å². The van der Waals surface area contributed by atoms with E-state index < -0.39 is 0 Å². The molecule has 0 radical (unpaired) electrons. The average Bonchev–Trinajstić information content (AvgIpc) is 2.40. The monoisotopic (exact) mass is 244 g/mol. The third-order valence-corrected chi connectivity index (χ3v) is 2.49. The van der Waals surface area contributed by atoms with E-state index >= 15 is 0 Å². The van der Waals surface area contributed by atoms with Crippen molar-refractivity contribution >= 4 is 5.95 Å². The highest BCUT2D eigenvalue weighted by Gasteiger charge is 2.08. The Morgan fingerprint density at radius 3 is 2.89 bits per heavy atom. The maximum absolute atomic E-state index is 5.74. The Hall–Kier alpha value is -2.17. The summed E-state index contributed by atoms with van der Waals surface area (Å²) in [6.45, 7) is 2.83. The molecule has 2 aromatic rings. The van der Waals surface area contributed by atoms with Crippen molar-refractivity contribution in [2.24, 2.45) is 0 Å². The number of unbranched alkanes of at least 4 members (excludes halogenated alkanes) is 1. The number of benzene rings is 1. The first kappa shape index (κ1) is 12.3. The molecule has 0 amide bonds. The fourth-order valence-corrected chi connectivity index (χ4v) is 1.58. The molecule has 0 saturated heterocycles. The number of hydrogen-bond acceptors (Lipinski definition) is 5. The highest BCUT2D eigenvalue weighted by molar-refractivity contribution is 5.66. The van der Waals surface area contributed by atoms with Gasteiger partial charge in [0, 0.05) is 5.56 Å². The van der Waals surface area contributed by atoms with Gasteiger partial charge in [0.1, 0.15) is 5.75 Å². The molecule has 0 saturated carbocycles. The standard InChI is InChI=1S/C13H16N4O/c1-2-3-8-18-12-7-5-4-6-10(12)11-9-15-17-13(14)16-11/h4-7,9H,2-3,8H2,1H3,(H2,14,16,17). The van der Waals surface area contributed by atoms with Crippen LogP contribution in [0.3, 0.4) is 0 Å². The highest BCUT2D eigenvalue weighted by atomic mass is 16.5. The number of nitrogens with zero attached hydrogens (tertiary/aromatic N) is 3. The highest BCUT2D eigenvalue weighted by Crippen LogP contribution is 2.28. The molecular weight excluding hydrogens is 228 g/mol. The van der Waals surface area contributed by atoms with E-state index in [9.17, 15) is 0 Å². The number of nitrogens with two attached hydrogens (primary N) is 1. The molecule has 1 aromatic carbocycles. The summed E-state index contributed by atoms with van der Waals surface area (Å²) in [6, 6.07) is 7.72. The van der Waals surface area contributed by atoms with Crippen LogP contribution in [0.1, 0.15) is 19.8 Å². The van der Waals surface area contributed by atoms with Crippen molar-refractivity contribution in [2.75, 3.05) is 12.3 Å². The number of para-hydroxylation sites is 1. The number of ether oxygens (including phenoxy) is 1. The molecule has 5 heteroatoms. The maximum Gasteiger partial charge on any atom is 0.240 e. The van der Waals surface area contributed by atoms with Crippen molar-refractivity contribution in [3.8, 4) is 17.0 Å². The van der Waals surface area contributed by atoms with E-state index in [2.05, 4.69) is 22.1 Å². The van der Waals surface area contributed by atoms with Crippen molar-refractivity contribution in [3.63, 3.8) is 0 Å². The molecule has 0 aliphatic carbocycles. The normalized spacial score (nSPS) is 10.3. The average molecular weight is 244 g/mol. The summed E-state index contributed by atoms with van der Waals surface area (Å²) in [6.07, 6.45) is 3.71. The molecule has 0 spiro atoms. The Morgan fingerprint density at radius 1 is 1.28 bits per heavy atom. The fraction of sp³-hybridized carbons (Fsp3) is 0.308. The van der Waals surface area contributed by atoms with Gasteiger partial charge in [0.15, 0.2) is 0 Å². The number of anilines is 1. The van der Waals surface area contributed by atoms with Crippen molar-refractivity contribution in [1.29, 1.82) is 0 Å². The first-order valence-electron chi connectivity index (χ1n) is 5.98. The summed E-state index contributed by atoms with van der Waals surface area (Å²) < 4.78 is 5.74. The third-order valence-electron chi connectivity index (χ3n) is 2.49. The van der Waals surface area contributed by atoms with Crippen LogP contribution in [0, 0.1) is 0 Å². The van der Waals surface area contributed by atoms with Gasteiger partial charge < -0.3 is 10.5 Å². The van der Waals surface area contributed by atoms with Gasteiger partial charge in [-0.3, -0.25) is 0 Å². The molecule has 1 aromatic heterocycles. The van der Waals surface area contributed by atoms with Gasteiger partial charge in [-0.05, 0) is 18.6 Å². The van der Waals surface area contributed by atoms with Gasteiger partial charge in [-0.1, -0.05) is 25.5 Å². The van der Waals surface area contributed by atoms with E-state index in [0.717, 1.165) is 24.2 Å². The van der Waals surface area contributed by atoms with E-state index in [1.54, 1.807) is 6.20 Å². The predicted molar refractivity (Wildman–Crippen MR) is 70.1 cm³/mol. The van der Waals surface area contributed by atoms with Gasteiger partial charge in [-0.25, -0.2) is 4.98 Å². The summed E-state index contributed by atoms with van der Waals surface area (Å²) in [4.78, 5) is 4.16. The minimum Gasteiger partial charge on any atom is -0.493 e. The third kappa shape index (κ3) is 2.94. The molecule has 5 nitrogen and oxygen atoms in total. The molecule has 18 heavy (non-hydrogen) atoms. The molecular formula is C13H16N4O. The van der Waals surface area contributed by atoms with Crippen LogP contribution in [0.15, 0.2) is 30.5 Å². The Kier molecular flexibility index (Phi) is 4.06. The van der Waals surface area contributed by atoms with Crippen LogP contribution < -0.4 is 10.5 Å². The number of rotatable bonds is 5. The summed E-state index contributed by atoms with van der Waals surface area (Å²) in [5.74, 6) is 0.960. The first-order valence-corrected chi connectivity index (χ1v) is 5.98. The molecule has 0 fully saturated rings. The predicted octanol–water partition coefficient (Wildman–Crippen LogP) is 2.30. The summed E-state index contributed by atoms with van der Waals surface area (Å²) >= 11 is 0. The van der Waals surface area contributed by atoms with Crippen molar-refractivity contribution in [1.82, 2.24) is 15.2 Å². The molecule has 0 atom stereocenters. The summed E-state index contributed by atoms with van der Waals surface area (Å²) in [5, 5.41) is 7.45. The van der Waals surface area contributed by atoms with E-state index in [0.29, 0.717) is 12.3 Å². The quantitative estimate of drug-likeness (QED) is 0.817. The summed E-state index contributed by atoms with van der Waals surface area (Å²) in [7, 11) is 0. The van der Waals surface area contributed by atoms with Crippen LogP contribution in [0.25, 0.3) is 11.3 Å². The lowest BCUT2D eigenvalue weighted by atomic mass is 10.1. The first-order chi connectivity index (χ1) is 8.81. The minimum absolute atomic E-state index is 0.163. The van der Waals surface area contributed by atoms with E-state index in [1.807, 2.05) is 24.3 Å². The van der Waals surface area contributed by atoms with Crippen LogP contribution in [-0.2, 0) is 0 Å². The number of aromatic nitrogens is 3.